The zero-order valence-electron chi connectivity index (χ0n) is 9.04. The van der Waals surface area contributed by atoms with E-state index in [-0.39, 0.29) is 0 Å². The molecule has 0 aromatic carbocycles. The van der Waals surface area contributed by atoms with Gasteiger partial charge in [-0.1, -0.05) is 0 Å². The summed E-state index contributed by atoms with van der Waals surface area (Å²) in [6, 6.07) is 0.935. The van der Waals surface area contributed by atoms with Crippen LogP contribution in [0.15, 0.2) is 0 Å². The third kappa shape index (κ3) is 1.43. The van der Waals surface area contributed by atoms with Crippen LogP contribution in [0.1, 0.15) is 32.1 Å². The molecule has 3 unspecified atom stereocenters. The van der Waals surface area contributed by atoms with Crippen LogP contribution in [0, 0.1) is 0 Å². The van der Waals surface area contributed by atoms with Crippen LogP contribution >= 0.6 is 0 Å². The number of ether oxygens (including phenoxy) is 1. The number of fused-ring (bicyclic) bond motifs is 2. The molecular weight excluding hydrogens is 192 g/mol. The molecule has 3 aliphatic rings. The van der Waals surface area contributed by atoms with E-state index in [0.717, 1.165) is 19.3 Å². The summed E-state index contributed by atoms with van der Waals surface area (Å²) in [4.78, 5) is 0. The monoisotopic (exact) mass is 212 g/mol. The van der Waals surface area contributed by atoms with Gasteiger partial charge in [-0.25, -0.2) is 0 Å². The molecule has 3 aliphatic heterocycles. The van der Waals surface area contributed by atoms with Gasteiger partial charge in [0, 0.05) is 18.7 Å². The Balaban J connectivity index is 1.84. The number of hydrogen-bond donors (Lipinski definition) is 3. The van der Waals surface area contributed by atoms with E-state index in [4.69, 9.17) is 10.5 Å². The van der Waals surface area contributed by atoms with Gasteiger partial charge in [0.05, 0.1) is 17.7 Å². The second-order valence-electron chi connectivity index (χ2n) is 5.54. The van der Waals surface area contributed by atoms with Gasteiger partial charge >= 0.3 is 0 Å². The lowest BCUT2D eigenvalue weighted by Gasteiger charge is -2.46. The van der Waals surface area contributed by atoms with Gasteiger partial charge in [0.25, 0.3) is 0 Å². The number of nitrogens with one attached hydrogen (secondary N) is 1. The minimum atomic E-state index is -0.708. The highest BCUT2D eigenvalue weighted by Crippen LogP contribution is 2.42. The maximum Gasteiger partial charge on any atom is 0.0879 e. The highest BCUT2D eigenvalue weighted by molar-refractivity contribution is 5.12. The smallest absolute Gasteiger partial charge is 0.0879 e. The molecule has 0 radical (unpaired) electrons. The Morgan fingerprint density at radius 2 is 1.93 bits per heavy atom. The first-order valence-corrected chi connectivity index (χ1v) is 5.96. The van der Waals surface area contributed by atoms with Crippen molar-refractivity contribution in [3.05, 3.63) is 0 Å². The SMILES string of the molecule is NC1(C2(O)CC3CCC(C2)N3)CCOC1. The van der Waals surface area contributed by atoms with E-state index < -0.39 is 11.1 Å². The molecule has 3 rings (SSSR count). The van der Waals surface area contributed by atoms with Crippen LogP contribution in [-0.2, 0) is 4.74 Å². The molecular formula is C11H20N2O2. The fourth-order valence-corrected chi connectivity index (χ4v) is 3.48. The second-order valence-corrected chi connectivity index (χ2v) is 5.54. The fraction of sp³-hybridized carbons (Fsp3) is 1.00. The highest BCUT2D eigenvalue weighted by Gasteiger charge is 2.55. The minimum Gasteiger partial charge on any atom is -0.388 e. The molecule has 2 bridgehead atoms. The normalized spacial score (nSPS) is 54.8. The van der Waals surface area contributed by atoms with Crippen molar-refractivity contribution in [1.29, 1.82) is 0 Å². The van der Waals surface area contributed by atoms with E-state index in [9.17, 15) is 5.11 Å². The molecule has 0 amide bonds. The Morgan fingerprint density at radius 3 is 2.47 bits per heavy atom. The molecule has 3 fully saturated rings. The molecule has 0 spiro atoms. The summed E-state index contributed by atoms with van der Waals surface area (Å²) in [6.07, 6.45) is 4.75. The largest absolute Gasteiger partial charge is 0.388 e. The molecule has 0 aliphatic carbocycles. The topological polar surface area (TPSA) is 67.5 Å². The van der Waals surface area contributed by atoms with Crippen molar-refractivity contribution in [3.8, 4) is 0 Å². The highest BCUT2D eigenvalue weighted by atomic mass is 16.5. The van der Waals surface area contributed by atoms with E-state index in [0.29, 0.717) is 25.3 Å². The van der Waals surface area contributed by atoms with Crippen LogP contribution in [0.4, 0.5) is 0 Å². The lowest BCUT2D eigenvalue weighted by Crippen LogP contribution is -2.66. The maximum atomic E-state index is 10.8. The molecule has 0 saturated carbocycles. The van der Waals surface area contributed by atoms with Crippen molar-refractivity contribution >= 4 is 0 Å². The van der Waals surface area contributed by atoms with Crippen LogP contribution in [0.2, 0.25) is 0 Å². The molecule has 0 aromatic rings. The number of piperidine rings is 1. The van der Waals surface area contributed by atoms with E-state index >= 15 is 0 Å². The van der Waals surface area contributed by atoms with Crippen LogP contribution in [-0.4, -0.2) is 41.5 Å². The van der Waals surface area contributed by atoms with Crippen molar-refractivity contribution in [3.63, 3.8) is 0 Å². The number of aliphatic hydroxyl groups is 1. The first kappa shape index (κ1) is 10.0. The van der Waals surface area contributed by atoms with Gasteiger partial charge in [0.1, 0.15) is 0 Å². The predicted molar refractivity (Wildman–Crippen MR) is 56.5 cm³/mol. The van der Waals surface area contributed by atoms with Crippen molar-refractivity contribution in [2.24, 2.45) is 5.73 Å². The minimum absolute atomic E-state index is 0.467. The first-order chi connectivity index (χ1) is 7.11. The average molecular weight is 212 g/mol. The Labute approximate surface area is 90.2 Å². The van der Waals surface area contributed by atoms with E-state index in [1.165, 1.54) is 12.8 Å². The number of rotatable bonds is 1. The molecule has 4 N–H and O–H groups in total. The van der Waals surface area contributed by atoms with Gasteiger partial charge in [-0.3, -0.25) is 0 Å². The summed E-state index contributed by atoms with van der Waals surface area (Å²) in [5, 5.41) is 14.3. The summed E-state index contributed by atoms with van der Waals surface area (Å²) in [6.45, 7) is 1.21. The Morgan fingerprint density at radius 1 is 1.27 bits per heavy atom. The van der Waals surface area contributed by atoms with Gasteiger partial charge in [-0.05, 0) is 32.1 Å². The summed E-state index contributed by atoms with van der Waals surface area (Å²) in [7, 11) is 0. The van der Waals surface area contributed by atoms with Gasteiger partial charge in [-0.2, -0.15) is 0 Å². The lowest BCUT2D eigenvalue weighted by molar-refractivity contribution is -0.0734. The third-order valence-electron chi connectivity index (χ3n) is 4.48. The fourth-order valence-electron chi connectivity index (χ4n) is 3.48. The zero-order chi connectivity index (χ0) is 10.5. The predicted octanol–water partition coefficient (Wildman–Crippen LogP) is -0.250. The van der Waals surface area contributed by atoms with Gasteiger partial charge in [0.2, 0.25) is 0 Å². The quantitative estimate of drug-likeness (QED) is 0.561. The standard InChI is InChI=1S/C11H20N2O2/c12-10(3-4-15-7-10)11(14)5-8-1-2-9(6-11)13-8/h8-9,13-14H,1-7,12H2. The molecule has 3 atom stereocenters. The van der Waals surface area contributed by atoms with Crippen molar-refractivity contribution in [2.75, 3.05) is 13.2 Å². The molecule has 0 aromatic heterocycles. The van der Waals surface area contributed by atoms with E-state index in [1.807, 2.05) is 0 Å². The van der Waals surface area contributed by atoms with E-state index in [1.54, 1.807) is 0 Å². The third-order valence-corrected chi connectivity index (χ3v) is 4.48. The Kier molecular flexibility index (Phi) is 2.12. The number of hydrogen-bond acceptors (Lipinski definition) is 4. The lowest BCUT2D eigenvalue weighted by atomic mass is 9.71. The average Bonchev–Trinajstić information content (AvgIpc) is 2.75. The van der Waals surface area contributed by atoms with Crippen molar-refractivity contribution in [1.82, 2.24) is 5.32 Å². The van der Waals surface area contributed by atoms with Crippen LogP contribution in [0.5, 0.6) is 0 Å². The summed E-state index contributed by atoms with van der Waals surface area (Å²) < 4.78 is 5.36. The van der Waals surface area contributed by atoms with Crippen LogP contribution in [0.3, 0.4) is 0 Å². The first-order valence-electron chi connectivity index (χ1n) is 5.96. The summed E-state index contributed by atoms with van der Waals surface area (Å²) >= 11 is 0. The molecule has 4 nitrogen and oxygen atoms in total. The van der Waals surface area contributed by atoms with E-state index in [2.05, 4.69) is 5.32 Å². The molecule has 4 heteroatoms. The maximum absolute atomic E-state index is 10.8. The van der Waals surface area contributed by atoms with Crippen molar-refractivity contribution in [2.45, 2.75) is 55.3 Å². The van der Waals surface area contributed by atoms with Gasteiger partial charge in [-0.15, -0.1) is 0 Å². The molecule has 3 saturated heterocycles. The molecule has 15 heavy (non-hydrogen) atoms. The Hall–Kier alpha value is -0.160. The summed E-state index contributed by atoms with van der Waals surface area (Å²) in [5.41, 5.74) is 5.11. The van der Waals surface area contributed by atoms with Crippen LogP contribution < -0.4 is 11.1 Å². The zero-order valence-corrected chi connectivity index (χ0v) is 9.04. The van der Waals surface area contributed by atoms with Gasteiger partial charge in [0.15, 0.2) is 0 Å². The van der Waals surface area contributed by atoms with Crippen molar-refractivity contribution < 1.29 is 9.84 Å². The van der Waals surface area contributed by atoms with Gasteiger partial charge < -0.3 is 20.9 Å². The second kappa shape index (κ2) is 3.17. The number of nitrogens with two attached hydrogens (primary N) is 1. The molecule has 86 valence electrons. The van der Waals surface area contributed by atoms with Crippen LogP contribution in [0.25, 0.3) is 0 Å². The summed E-state index contributed by atoms with van der Waals surface area (Å²) in [5.74, 6) is 0. The molecule has 3 heterocycles. The Bertz CT molecular complexity index is 251.